The lowest BCUT2D eigenvalue weighted by Gasteiger charge is -2.17. The summed E-state index contributed by atoms with van der Waals surface area (Å²) in [4.78, 5) is 0. The molecule has 0 aliphatic heterocycles. The van der Waals surface area contributed by atoms with Crippen LogP contribution in [0.1, 0.15) is 49.8 Å². The largest absolute Gasteiger partial charge is 0.320 e. The molecule has 2 nitrogen and oxygen atoms in total. The van der Waals surface area contributed by atoms with Crippen LogP contribution in [-0.4, -0.2) is 20.6 Å². The second-order valence-electron chi connectivity index (χ2n) is 4.71. The molecule has 1 rings (SSSR count). The van der Waals surface area contributed by atoms with Crippen molar-refractivity contribution in [2.75, 3.05) is 20.6 Å². The van der Waals surface area contributed by atoms with Gasteiger partial charge in [0, 0.05) is 6.04 Å². The van der Waals surface area contributed by atoms with Crippen LogP contribution < -0.4 is 10.6 Å². The van der Waals surface area contributed by atoms with Crippen LogP contribution in [0.4, 0.5) is 0 Å². The van der Waals surface area contributed by atoms with E-state index in [0.717, 1.165) is 13.0 Å². The van der Waals surface area contributed by atoms with Crippen LogP contribution in [0.15, 0.2) is 24.3 Å². The summed E-state index contributed by atoms with van der Waals surface area (Å²) < 4.78 is 0. The highest BCUT2D eigenvalue weighted by Crippen LogP contribution is 2.22. The van der Waals surface area contributed by atoms with Crippen LogP contribution in [0.25, 0.3) is 0 Å². The Kier molecular flexibility index (Phi) is 6.23. The minimum atomic E-state index is 0.452. The average molecular weight is 234 g/mol. The van der Waals surface area contributed by atoms with Gasteiger partial charge in [-0.3, -0.25) is 0 Å². The number of nitrogens with one attached hydrogen (secondary N) is 2. The predicted molar refractivity (Wildman–Crippen MR) is 75.5 cm³/mol. The van der Waals surface area contributed by atoms with E-state index in [2.05, 4.69) is 48.7 Å². The summed E-state index contributed by atoms with van der Waals surface area (Å²) in [5.74, 6) is 0.661. The lowest BCUT2D eigenvalue weighted by atomic mass is 9.95. The molecule has 1 aromatic rings. The average Bonchev–Trinajstić information content (AvgIpc) is 2.39. The monoisotopic (exact) mass is 234 g/mol. The minimum absolute atomic E-state index is 0.452. The van der Waals surface area contributed by atoms with Crippen molar-refractivity contribution >= 4 is 0 Å². The van der Waals surface area contributed by atoms with Gasteiger partial charge in [-0.15, -0.1) is 0 Å². The van der Waals surface area contributed by atoms with Gasteiger partial charge in [0.15, 0.2) is 0 Å². The maximum atomic E-state index is 3.38. The summed E-state index contributed by atoms with van der Waals surface area (Å²) in [6, 6.07) is 9.52. The van der Waals surface area contributed by atoms with Crippen molar-refractivity contribution in [1.29, 1.82) is 0 Å². The van der Waals surface area contributed by atoms with Gasteiger partial charge in [-0.2, -0.15) is 0 Å². The molecule has 0 amide bonds. The summed E-state index contributed by atoms with van der Waals surface area (Å²) in [5.41, 5.74) is 2.83. The summed E-state index contributed by atoms with van der Waals surface area (Å²) in [5, 5.41) is 6.58. The van der Waals surface area contributed by atoms with Crippen molar-refractivity contribution < 1.29 is 0 Å². The molecule has 0 heterocycles. The highest BCUT2D eigenvalue weighted by atomic mass is 14.9. The molecule has 0 aliphatic carbocycles. The fraction of sp³-hybridized carbons (Fsp3) is 0.600. The van der Waals surface area contributed by atoms with Crippen molar-refractivity contribution in [1.82, 2.24) is 10.6 Å². The molecule has 96 valence electrons. The molecule has 0 saturated carbocycles. The zero-order valence-electron chi connectivity index (χ0n) is 11.6. The van der Waals surface area contributed by atoms with Gasteiger partial charge < -0.3 is 10.6 Å². The van der Waals surface area contributed by atoms with Crippen molar-refractivity contribution in [3.63, 3.8) is 0 Å². The van der Waals surface area contributed by atoms with E-state index in [1.165, 1.54) is 17.5 Å². The molecule has 2 unspecified atom stereocenters. The quantitative estimate of drug-likeness (QED) is 0.757. The predicted octanol–water partition coefficient (Wildman–Crippen LogP) is 3.07. The van der Waals surface area contributed by atoms with Crippen LogP contribution in [0, 0.1) is 0 Å². The second kappa shape index (κ2) is 7.46. The van der Waals surface area contributed by atoms with Crippen LogP contribution in [0.5, 0.6) is 0 Å². The lowest BCUT2D eigenvalue weighted by molar-refractivity contribution is 0.533. The number of hydrogen-bond acceptors (Lipinski definition) is 2. The molecule has 0 aliphatic rings. The Labute approximate surface area is 106 Å². The number of benzene rings is 1. The van der Waals surface area contributed by atoms with Crippen LogP contribution in [0.2, 0.25) is 0 Å². The molecule has 0 spiro atoms. The van der Waals surface area contributed by atoms with Gasteiger partial charge in [0.1, 0.15) is 0 Å². The summed E-state index contributed by atoms with van der Waals surface area (Å²) >= 11 is 0. The molecule has 0 radical (unpaired) electrons. The molecule has 17 heavy (non-hydrogen) atoms. The zero-order valence-corrected chi connectivity index (χ0v) is 11.6. The Balaban J connectivity index is 2.70. The van der Waals surface area contributed by atoms with Gasteiger partial charge in [-0.1, -0.05) is 38.1 Å². The number of rotatable bonds is 7. The first kappa shape index (κ1) is 14.2. The first-order valence-electron chi connectivity index (χ1n) is 6.64. The SMILES string of the molecule is CCC(C)c1ccc(C(CCNC)NC)cc1. The Morgan fingerprint density at radius 1 is 1.06 bits per heavy atom. The smallest absolute Gasteiger partial charge is 0.0329 e. The first-order valence-corrected chi connectivity index (χ1v) is 6.64. The number of hydrogen-bond donors (Lipinski definition) is 2. The van der Waals surface area contributed by atoms with Crippen LogP contribution in [0.3, 0.4) is 0 Å². The highest BCUT2D eigenvalue weighted by Gasteiger charge is 2.09. The lowest BCUT2D eigenvalue weighted by Crippen LogP contribution is -2.21. The van der Waals surface area contributed by atoms with Crippen molar-refractivity contribution in [3.8, 4) is 0 Å². The fourth-order valence-corrected chi connectivity index (χ4v) is 2.06. The molecular formula is C15H26N2. The van der Waals surface area contributed by atoms with Crippen LogP contribution in [-0.2, 0) is 0 Å². The molecule has 2 heteroatoms. The Morgan fingerprint density at radius 2 is 1.65 bits per heavy atom. The highest BCUT2D eigenvalue weighted by molar-refractivity contribution is 5.27. The van der Waals surface area contributed by atoms with Gasteiger partial charge in [0.2, 0.25) is 0 Å². The maximum Gasteiger partial charge on any atom is 0.0329 e. The van der Waals surface area contributed by atoms with Gasteiger partial charge >= 0.3 is 0 Å². The third-order valence-electron chi connectivity index (χ3n) is 3.55. The molecular weight excluding hydrogens is 208 g/mol. The molecule has 1 aromatic carbocycles. The minimum Gasteiger partial charge on any atom is -0.320 e. The Morgan fingerprint density at radius 3 is 2.12 bits per heavy atom. The standard InChI is InChI=1S/C15H26N2/c1-5-12(2)13-6-8-14(9-7-13)15(17-4)10-11-16-3/h6-9,12,15-17H,5,10-11H2,1-4H3. The van der Waals surface area contributed by atoms with E-state index < -0.39 is 0 Å². The molecule has 0 aromatic heterocycles. The van der Waals surface area contributed by atoms with E-state index in [0.29, 0.717) is 12.0 Å². The Hall–Kier alpha value is -0.860. The summed E-state index contributed by atoms with van der Waals surface area (Å²) in [6.45, 7) is 5.56. The molecule has 0 bridgehead atoms. The third kappa shape index (κ3) is 4.14. The van der Waals surface area contributed by atoms with Crippen LogP contribution >= 0.6 is 0 Å². The van der Waals surface area contributed by atoms with Crippen molar-refractivity contribution in [2.24, 2.45) is 0 Å². The van der Waals surface area contributed by atoms with Gasteiger partial charge in [-0.05, 0) is 50.5 Å². The van der Waals surface area contributed by atoms with E-state index in [1.807, 2.05) is 14.1 Å². The van der Waals surface area contributed by atoms with Crippen molar-refractivity contribution in [2.45, 2.75) is 38.6 Å². The molecule has 0 fully saturated rings. The van der Waals surface area contributed by atoms with E-state index in [1.54, 1.807) is 0 Å². The van der Waals surface area contributed by atoms with E-state index >= 15 is 0 Å². The zero-order chi connectivity index (χ0) is 12.7. The second-order valence-corrected chi connectivity index (χ2v) is 4.71. The molecule has 2 atom stereocenters. The fourth-order valence-electron chi connectivity index (χ4n) is 2.06. The van der Waals surface area contributed by atoms with E-state index in [9.17, 15) is 0 Å². The summed E-state index contributed by atoms with van der Waals surface area (Å²) in [7, 11) is 4.03. The topological polar surface area (TPSA) is 24.1 Å². The Bertz CT molecular complexity index is 305. The first-order chi connectivity index (χ1) is 8.22. The van der Waals surface area contributed by atoms with E-state index in [-0.39, 0.29) is 0 Å². The van der Waals surface area contributed by atoms with E-state index in [4.69, 9.17) is 0 Å². The molecule has 2 N–H and O–H groups in total. The molecule has 0 saturated heterocycles. The van der Waals surface area contributed by atoms with Gasteiger partial charge in [-0.25, -0.2) is 0 Å². The normalized spacial score (nSPS) is 14.6. The van der Waals surface area contributed by atoms with Gasteiger partial charge in [0.25, 0.3) is 0 Å². The maximum absolute atomic E-state index is 3.38. The summed E-state index contributed by atoms with van der Waals surface area (Å²) in [6.07, 6.45) is 2.32. The third-order valence-corrected chi connectivity index (χ3v) is 3.55. The van der Waals surface area contributed by atoms with Gasteiger partial charge in [0.05, 0.1) is 0 Å². The van der Waals surface area contributed by atoms with Crippen molar-refractivity contribution in [3.05, 3.63) is 35.4 Å².